The van der Waals surface area contributed by atoms with Gasteiger partial charge in [0.25, 0.3) is 0 Å². The van der Waals surface area contributed by atoms with Gasteiger partial charge in [-0.3, -0.25) is 0 Å². The van der Waals surface area contributed by atoms with E-state index in [1.54, 1.807) is 0 Å². The molecule has 1 fully saturated rings. The van der Waals surface area contributed by atoms with Gasteiger partial charge in [-0.05, 0) is 50.4 Å². The quantitative estimate of drug-likeness (QED) is 0.518. The summed E-state index contributed by atoms with van der Waals surface area (Å²) in [5.74, 6) is 1.75. The molecule has 0 N–H and O–H groups in total. The Morgan fingerprint density at radius 2 is 1.12 bits per heavy atom. The summed E-state index contributed by atoms with van der Waals surface area (Å²) in [7, 11) is 0. The van der Waals surface area contributed by atoms with Crippen molar-refractivity contribution in [3.63, 3.8) is 0 Å². The first-order valence-electron chi connectivity index (χ1n) is 7.20. The molecule has 1 aliphatic carbocycles. The molecule has 0 aromatic rings. The van der Waals surface area contributed by atoms with Crippen LogP contribution in [0.5, 0.6) is 0 Å². The van der Waals surface area contributed by atoms with Crippen LogP contribution in [0.2, 0.25) is 0 Å². The van der Waals surface area contributed by atoms with Crippen LogP contribution >= 0.6 is 0 Å². The van der Waals surface area contributed by atoms with Crippen molar-refractivity contribution in [2.75, 3.05) is 0 Å². The molecule has 0 spiro atoms. The van der Waals surface area contributed by atoms with Crippen LogP contribution < -0.4 is 0 Å². The molecule has 1 aliphatic rings. The zero-order valence-corrected chi connectivity index (χ0v) is 11.1. The predicted molar refractivity (Wildman–Crippen MR) is 73.5 cm³/mol. The third-order valence-electron chi connectivity index (χ3n) is 3.54. The normalized spacial score (nSPS) is 26.9. The average Bonchev–Trinajstić information content (AvgIpc) is 2.32. The van der Waals surface area contributed by atoms with E-state index in [1.807, 2.05) is 0 Å². The Balaban J connectivity index is 2.18. The third-order valence-corrected chi connectivity index (χ3v) is 3.54. The Bertz CT molecular complexity index is 180. The van der Waals surface area contributed by atoms with Crippen molar-refractivity contribution in [2.24, 2.45) is 11.8 Å². The molecule has 16 heavy (non-hydrogen) atoms. The number of unbranched alkanes of at least 4 members (excludes halogenated alkanes) is 2. The topological polar surface area (TPSA) is 0 Å². The molecule has 0 aromatic carbocycles. The molecule has 0 heterocycles. The fraction of sp³-hybridized carbons (Fsp3) is 0.750. The summed E-state index contributed by atoms with van der Waals surface area (Å²) in [5.41, 5.74) is 0. The van der Waals surface area contributed by atoms with Gasteiger partial charge < -0.3 is 0 Å². The van der Waals surface area contributed by atoms with Gasteiger partial charge >= 0.3 is 0 Å². The second-order valence-electron chi connectivity index (χ2n) is 5.11. The van der Waals surface area contributed by atoms with E-state index in [2.05, 4.69) is 38.2 Å². The van der Waals surface area contributed by atoms with E-state index < -0.39 is 0 Å². The van der Waals surface area contributed by atoms with E-state index >= 15 is 0 Å². The van der Waals surface area contributed by atoms with Crippen molar-refractivity contribution in [3.8, 4) is 0 Å². The van der Waals surface area contributed by atoms with E-state index in [9.17, 15) is 0 Å². The molecule has 0 aliphatic heterocycles. The Morgan fingerprint density at radius 3 is 1.44 bits per heavy atom. The largest absolute Gasteiger partial charge is 0.0883 e. The van der Waals surface area contributed by atoms with Crippen molar-refractivity contribution in [1.29, 1.82) is 0 Å². The summed E-state index contributed by atoms with van der Waals surface area (Å²) < 4.78 is 0. The Hall–Kier alpha value is -0.520. The van der Waals surface area contributed by atoms with Gasteiger partial charge in [-0.2, -0.15) is 0 Å². The van der Waals surface area contributed by atoms with Crippen LogP contribution in [0, 0.1) is 11.8 Å². The maximum atomic E-state index is 2.47. The van der Waals surface area contributed by atoms with Crippen LogP contribution in [0.3, 0.4) is 0 Å². The fourth-order valence-electron chi connectivity index (χ4n) is 2.44. The molecule has 0 saturated heterocycles. The molecule has 0 unspecified atom stereocenters. The Labute approximate surface area is 102 Å². The van der Waals surface area contributed by atoms with Crippen molar-refractivity contribution >= 4 is 0 Å². The number of hydrogen-bond donors (Lipinski definition) is 0. The summed E-state index contributed by atoms with van der Waals surface area (Å²) in [6.45, 7) is 4.50. The van der Waals surface area contributed by atoms with Gasteiger partial charge in [0.15, 0.2) is 0 Å². The maximum Gasteiger partial charge on any atom is -0.0233 e. The van der Waals surface area contributed by atoms with E-state index in [1.165, 1.54) is 51.4 Å². The lowest BCUT2D eigenvalue weighted by atomic mass is 9.81. The van der Waals surface area contributed by atoms with Crippen molar-refractivity contribution in [2.45, 2.75) is 65.2 Å². The van der Waals surface area contributed by atoms with Gasteiger partial charge in [-0.25, -0.2) is 0 Å². The van der Waals surface area contributed by atoms with Crippen molar-refractivity contribution in [1.82, 2.24) is 0 Å². The molecular weight excluding hydrogens is 192 g/mol. The summed E-state index contributed by atoms with van der Waals surface area (Å²) >= 11 is 0. The third kappa shape index (κ3) is 5.53. The highest BCUT2D eigenvalue weighted by molar-refractivity contribution is 4.95. The van der Waals surface area contributed by atoms with Crippen LogP contribution in [0.15, 0.2) is 24.3 Å². The van der Waals surface area contributed by atoms with E-state index in [4.69, 9.17) is 0 Å². The Kier molecular flexibility index (Phi) is 7.29. The maximum absolute atomic E-state index is 2.47. The molecule has 0 aromatic heterocycles. The van der Waals surface area contributed by atoms with Crippen LogP contribution in [-0.2, 0) is 0 Å². The first-order chi connectivity index (χ1) is 7.86. The summed E-state index contributed by atoms with van der Waals surface area (Å²) in [4.78, 5) is 0. The average molecular weight is 220 g/mol. The van der Waals surface area contributed by atoms with Gasteiger partial charge in [0, 0.05) is 0 Å². The summed E-state index contributed by atoms with van der Waals surface area (Å²) in [6, 6.07) is 0. The van der Waals surface area contributed by atoms with E-state index in [-0.39, 0.29) is 0 Å². The monoisotopic (exact) mass is 220 g/mol. The second kappa shape index (κ2) is 8.61. The molecule has 1 saturated carbocycles. The lowest BCUT2D eigenvalue weighted by molar-refractivity contribution is 0.355. The zero-order valence-electron chi connectivity index (χ0n) is 11.1. The molecule has 0 bridgehead atoms. The number of rotatable bonds is 6. The predicted octanol–water partition coefficient (Wildman–Crippen LogP) is 5.51. The molecule has 0 amide bonds. The highest BCUT2D eigenvalue weighted by atomic mass is 14.2. The lowest BCUT2D eigenvalue weighted by Crippen LogP contribution is -2.11. The Morgan fingerprint density at radius 1 is 0.750 bits per heavy atom. The number of hydrogen-bond acceptors (Lipinski definition) is 0. The molecule has 0 radical (unpaired) electrons. The minimum atomic E-state index is 0.877. The van der Waals surface area contributed by atoms with Gasteiger partial charge in [0.1, 0.15) is 0 Å². The van der Waals surface area contributed by atoms with Gasteiger partial charge in [0.05, 0.1) is 0 Å². The minimum Gasteiger partial charge on any atom is -0.0883 e. The molecule has 92 valence electrons. The van der Waals surface area contributed by atoms with Crippen LogP contribution in [-0.4, -0.2) is 0 Å². The van der Waals surface area contributed by atoms with Gasteiger partial charge in [0.2, 0.25) is 0 Å². The first-order valence-corrected chi connectivity index (χ1v) is 7.20. The van der Waals surface area contributed by atoms with Crippen molar-refractivity contribution in [3.05, 3.63) is 24.3 Å². The standard InChI is InChI=1S/C16H28/c1-3-5-7-9-15-11-13-16(14-12-15)10-8-6-4-2/h7-10,15-16H,3-6,11-14H2,1-2H3/b9-7+,10-8+. The highest BCUT2D eigenvalue weighted by Crippen LogP contribution is 2.30. The minimum absolute atomic E-state index is 0.877. The van der Waals surface area contributed by atoms with Crippen LogP contribution in [0.25, 0.3) is 0 Å². The van der Waals surface area contributed by atoms with E-state index in [0.29, 0.717) is 0 Å². The van der Waals surface area contributed by atoms with Crippen molar-refractivity contribution < 1.29 is 0 Å². The molecule has 0 nitrogen and oxygen atoms in total. The van der Waals surface area contributed by atoms with Crippen LogP contribution in [0.4, 0.5) is 0 Å². The molecular formula is C16H28. The smallest absolute Gasteiger partial charge is 0.0233 e. The van der Waals surface area contributed by atoms with Gasteiger partial charge in [-0.15, -0.1) is 0 Å². The number of allylic oxidation sites excluding steroid dienone is 4. The molecule has 0 heteroatoms. The highest BCUT2D eigenvalue weighted by Gasteiger charge is 2.16. The summed E-state index contributed by atoms with van der Waals surface area (Å²) in [5, 5.41) is 0. The van der Waals surface area contributed by atoms with E-state index in [0.717, 1.165) is 11.8 Å². The van der Waals surface area contributed by atoms with Crippen LogP contribution in [0.1, 0.15) is 65.2 Å². The summed E-state index contributed by atoms with van der Waals surface area (Å²) in [6.07, 6.45) is 20.4. The fourth-order valence-corrected chi connectivity index (χ4v) is 2.44. The lowest BCUT2D eigenvalue weighted by Gasteiger charge is -2.24. The molecule has 0 atom stereocenters. The zero-order chi connectivity index (χ0) is 11.6. The SMILES string of the molecule is CCC/C=C/C1CCC(/C=C/CCC)CC1. The molecule has 1 rings (SSSR count). The first kappa shape index (κ1) is 13.5. The second-order valence-corrected chi connectivity index (χ2v) is 5.11. The van der Waals surface area contributed by atoms with Gasteiger partial charge in [-0.1, -0.05) is 51.0 Å².